The van der Waals surface area contributed by atoms with E-state index in [1.54, 1.807) is 24.3 Å². The number of nitrogens with one attached hydrogen (secondary N) is 3. The number of rotatable bonds is 9. The van der Waals surface area contributed by atoms with Gasteiger partial charge in [0.05, 0.1) is 6.61 Å². The molecule has 1 saturated heterocycles. The molecule has 2 aromatic carbocycles. The molecule has 182 valence electrons. The molecule has 34 heavy (non-hydrogen) atoms. The van der Waals surface area contributed by atoms with Gasteiger partial charge in [0.25, 0.3) is 0 Å². The standard InChI is InChI=1S/C25H32N4O5/c1-18-6-2-3-8-22(18)28-24(32)26-20-10-12-21(13-11-20)27-25(33)34-17-19-7-4-14-29(16-19)15-5-9-23(30)31/h2-3,6,8,10-13,19H,4-5,7,9,14-17H2,1H3,(H,27,33)(H,30,31)(H2,26,28,32). The summed E-state index contributed by atoms with van der Waals surface area (Å²) in [6, 6.07) is 13.9. The summed E-state index contributed by atoms with van der Waals surface area (Å²) in [6.07, 6.45) is 2.26. The molecule has 3 amide bonds. The third-order valence-electron chi connectivity index (χ3n) is 5.70. The van der Waals surface area contributed by atoms with Gasteiger partial charge in [-0.25, -0.2) is 9.59 Å². The van der Waals surface area contributed by atoms with Crippen LogP contribution >= 0.6 is 0 Å². The number of likely N-dealkylation sites (tertiary alicyclic amines) is 1. The maximum absolute atomic E-state index is 12.2. The van der Waals surface area contributed by atoms with E-state index in [0.717, 1.165) is 43.7 Å². The largest absolute Gasteiger partial charge is 0.481 e. The summed E-state index contributed by atoms with van der Waals surface area (Å²) in [5, 5.41) is 17.0. The van der Waals surface area contributed by atoms with Crippen molar-refractivity contribution < 1.29 is 24.2 Å². The summed E-state index contributed by atoms with van der Waals surface area (Å²) < 4.78 is 5.40. The van der Waals surface area contributed by atoms with Crippen LogP contribution in [0.2, 0.25) is 0 Å². The van der Waals surface area contributed by atoms with E-state index in [2.05, 4.69) is 20.9 Å². The van der Waals surface area contributed by atoms with Crippen LogP contribution in [0.5, 0.6) is 0 Å². The number of nitrogens with zero attached hydrogens (tertiary/aromatic N) is 1. The molecule has 1 unspecified atom stereocenters. The maximum Gasteiger partial charge on any atom is 0.411 e. The van der Waals surface area contributed by atoms with E-state index in [0.29, 0.717) is 24.4 Å². The fraction of sp³-hybridized carbons (Fsp3) is 0.400. The first-order valence-corrected chi connectivity index (χ1v) is 11.5. The number of ether oxygens (including phenoxy) is 1. The number of benzene rings is 2. The molecule has 2 aromatic rings. The minimum Gasteiger partial charge on any atom is -0.481 e. The minimum absolute atomic E-state index is 0.172. The number of aliphatic carboxylic acids is 1. The van der Waals surface area contributed by atoms with Crippen molar-refractivity contribution in [2.75, 3.05) is 42.2 Å². The number of aryl methyl sites for hydroxylation is 1. The number of para-hydroxylation sites is 1. The quantitative estimate of drug-likeness (QED) is 0.421. The second-order valence-corrected chi connectivity index (χ2v) is 8.50. The van der Waals surface area contributed by atoms with Crippen molar-refractivity contribution in [3.05, 3.63) is 54.1 Å². The second kappa shape index (κ2) is 12.6. The molecule has 9 nitrogen and oxygen atoms in total. The number of carboxylic acids is 1. The molecule has 0 radical (unpaired) electrons. The number of hydrogen-bond acceptors (Lipinski definition) is 5. The zero-order valence-electron chi connectivity index (χ0n) is 19.4. The zero-order valence-corrected chi connectivity index (χ0v) is 19.4. The Morgan fingerprint density at radius 1 is 1.03 bits per heavy atom. The molecule has 1 aliphatic rings. The first-order chi connectivity index (χ1) is 16.4. The SMILES string of the molecule is Cc1ccccc1NC(=O)Nc1ccc(NC(=O)OCC2CCCN(CCCC(=O)O)C2)cc1. The maximum atomic E-state index is 12.2. The molecule has 1 fully saturated rings. The lowest BCUT2D eigenvalue weighted by atomic mass is 9.99. The molecule has 9 heteroatoms. The average molecular weight is 469 g/mol. The van der Waals surface area contributed by atoms with Gasteiger partial charge >= 0.3 is 18.1 Å². The van der Waals surface area contributed by atoms with Crippen LogP contribution in [0.25, 0.3) is 0 Å². The van der Waals surface area contributed by atoms with Crippen LogP contribution in [0, 0.1) is 12.8 Å². The molecule has 0 aliphatic carbocycles. The van der Waals surface area contributed by atoms with Gasteiger partial charge in [0.15, 0.2) is 0 Å². The lowest BCUT2D eigenvalue weighted by molar-refractivity contribution is -0.137. The lowest BCUT2D eigenvalue weighted by Crippen LogP contribution is -2.38. The third kappa shape index (κ3) is 8.40. The molecule has 1 aliphatic heterocycles. The molecule has 1 atom stereocenters. The second-order valence-electron chi connectivity index (χ2n) is 8.50. The van der Waals surface area contributed by atoms with Crippen molar-refractivity contribution in [3.63, 3.8) is 0 Å². The van der Waals surface area contributed by atoms with Gasteiger partial charge in [0, 0.05) is 35.9 Å². The predicted molar refractivity (Wildman–Crippen MR) is 131 cm³/mol. The Hall–Kier alpha value is -3.59. The van der Waals surface area contributed by atoms with Crippen LogP contribution in [0.1, 0.15) is 31.2 Å². The van der Waals surface area contributed by atoms with Gasteiger partial charge < -0.3 is 25.4 Å². The van der Waals surface area contributed by atoms with Crippen molar-refractivity contribution in [2.45, 2.75) is 32.6 Å². The summed E-state index contributed by atoms with van der Waals surface area (Å²) in [5.74, 6) is -0.537. The van der Waals surface area contributed by atoms with Crippen LogP contribution in [0.4, 0.5) is 26.7 Å². The number of carbonyl (C=O) groups is 3. The van der Waals surface area contributed by atoms with Crippen molar-refractivity contribution in [1.29, 1.82) is 0 Å². The Bertz CT molecular complexity index is 980. The highest BCUT2D eigenvalue weighted by Gasteiger charge is 2.21. The Morgan fingerprint density at radius 3 is 2.44 bits per heavy atom. The summed E-state index contributed by atoms with van der Waals surface area (Å²) in [5.41, 5.74) is 2.86. The van der Waals surface area contributed by atoms with Gasteiger partial charge in [-0.3, -0.25) is 10.1 Å². The predicted octanol–water partition coefficient (Wildman–Crippen LogP) is 4.76. The molecule has 3 rings (SSSR count). The fourth-order valence-corrected chi connectivity index (χ4v) is 3.93. The van der Waals surface area contributed by atoms with Gasteiger partial charge in [-0.1, -0.05) is 18.2 Å². The van der Waals surface area contributed by atoms with E-state index in [-0.39, 0.29) is 18.4 Å². The highest BCUT2D eigenvalue weighted by Crippen LogP contribution is 2.19. The molecule has 4 N–H and O–H groups in total. The van der Waals surface area contributed by atoms with Crippen LogP contribution in [-0.2, 0) is 9.53 Å². The fourth-order valence-electron chi connectivity index (χ4n) is 3.93. The first kappa shape index (κ1) is 25.0. The third-order valence-corrected chi connectivity index (χ3v) is 5.70. The molecular formula is C25H32N4O5. The number of carboxylic acid groups (broad SMARTS) is 1. The van der Waals surface area contributed by atoms with E-state index < -0.39 is 12.1 Å². The number of urea groups is 1. The number of carbonyl (C=O) groups excluding carboxylic acids is 2. The van der Waals surface area contributed by atoms with Crippen LogP contribution < -0.4 is 16.0 Å². The Balaban J connectivity index is 1.38. The molecule has 0 saturated carbocycles. The van der Waals surface area contributed by atoms with E-state index in [9.17, 15) is 14.4 Å². The Kier molecular flexibility index (Phi) is 9.28. The molecule has 0 bridgehead atoms. The van der Waals surface area contributed by atoms with Gasteiger partial charge in [0.2, 0.25) is 0 Å². The van der Waals surface area contributed by atoms with Gasteiger partial charge in [0.1, 0.15) is 0 Å². The lowest BCUT2D eigenvalue weighted by Gasteiger charge is -2.32. The van der Waals surface area contributed by atoms with E-state index >= 15 is 0 Å². The smallest absolute Gasteiger partial charge is 0.411 e. The molecule has 0 aromatic heterocycles. The van der Waals surface area contributed by atoms with Crippen LogP contribution in [0.3, 0.4) is 0 Å². The van der Waals surface area contributed by atoms with Crippen molar-refractivity contribution in [1.82, 2.24) is 4.90 Å². The zero-order chi connectivity index (χ0) is 24.3. The van der Waals surface area contributed by atoms with E-state index in [1.165, 1.54) is 0 Å². The molecular weight excluding hydrogens is 436 g/mol. The van der Waals surface area contributed by atoms with Crippen molar-refractivity contribution >= 4 is 35.2 Å². The number of piperidine rings is 1. The topological polar surface area (TPSA) is 120 Å². The van der Waals surface area contributed by atoms with E-state index in [1.807, 2.05) is 31.2 Å². The van der Waals surface area contributed by atoms with Gasteiger partial charge in [-0.15, -0.1) is 0 Å². The number of anilines is 3. The van der Waals surface area contributed by atoms with Crippen LogP contribution in [-0.4, -0.2) is 54.3 Å². The Morgan fingerprint density at radius 2 is 1.74 bits per heavy atom. The van der Waals surface area contributed by atoms with Crippen molar-refractivity contribution in [3.8, 4) is 0 Å². The monoisotopic (exact) mass is 468 g/mol. The van der Waals surface area contributed by atoms with Crippen molar-refractivity contribution in [2.24, 2.45) is 5.92 Å². The van der Waals surface area contributed by atoms with Crippen LogP contribution in [0.15, 0.2) is 48.5 Å². The average Bonchev–Trinajstić information content (AvgIpc) is 2.81. The number of amides is 3. The highest BCUT2D eigenvalue weighted by atomic mass is 16.5. The first-order valence-electron chi connectivity index (χ1n) is 11.5. The number of hydrogen-bond donors (Lipinski definition) is 4. The minimum atomic E-state index is -0.775. The van der Waals surface area contributed by atoms with E-state index in [4.69, 9.17) is 9.84 Å². The Labute approximate surface area is 199 Å². The molecule has 0 spiro atoms. The highest BCUT2D eigenvalue weighted by molar-refractivity contribution is 6.00. The summed E-state index contributed by atoms with van der Waals surface area (Å²) >= 11 is 0. The summed E-state index contributed by atoms with van der Waals surface area (Å²) in [7, 11) is 0. The normalized spacial score (nSPS) is 15.9. The van der Waals surface area contributed by atoms with Gasteiger partial charge in [-0.2, -0.15) is 0 Å². The van der Waals surface area contributed by atoms with Gasteiger partial charge in [-0.05, 0) is 75.2 Å². The summed E-state index contributed by atoms with van der Waals surface area (Å²) in [4.78, 5) is 37.3. The molecule has 1 heterocycles. The summed E-state index contributed by atoms with van der Waals surface area (Å²) in [6.45, 7) is 4.74.